The van der Waals surface area contributed by atoms with Crippen molar-refractivity contribution in [2.45, 2.75) is 59.0 Å². The molecule has 0 aromatic rings. The van der Waals surface area contributed by atoms with E-state index in [0.29, 0.717) is 11.5 Å². The lowest BCUT2D eigenvalue weighted by Crippen LogP contribution is -2.54. The minimum atomic E-state index is -0.612. The fourth-order valence-corrected chi connectivity index (χ4v) is 2.94. The lowest BCUT2D eigenvalue weighted by atomic mass is 9.80. The Morgan fingerprint density at radius 2 is 2.00 bits per heavy atom. The molecule has 1 fully saturated rings. The molecule has 0 radical (unpaired) electrons. The van der Waals surface area contributed by atoms with Crippen LogP contribution in [0, 0.1) is 11.3 Å². The highest BCUT2D eigenvalue weighted by Crippen LogP contribution is 2.35. The van der Waals surface area contributed by atoms with Gasteiger partial charge in [-0.2, -0.15) is 0 Å². The first kappa shape index (κ1) is 16.4. The third kappa shape index (κ3) is 3.93. The molecule has 0 spiro atoms. The van der Waals surface area contributed by atoms with E-state index in [1.54, 1.807) is 7.05 Å². The second kappa shape index (κ2) is 5.80. The molecule has 4 nitrogen and oxygen atoms in total. The van der Waals surface area contributed by atoms with Crippen LogP contribution in [0.4, 0.5) is 0 Å². The van der Waals surface area contributed by atoms with Gasteiger partial charge in [0.05, 0.1) is 5.54 Å². The molecule has 1 heterocycles. The van der Waals surface area contributed by atoms with E-state index in [1.165, 1.54) is 6.42 Å². The fourth-order valence-electron chi connectivity index (χ4n) is 2.94. The molecule has 4 heteroatoms. The zero-order chi connectivity index (χ0) is 14.8. The van der Waals surface area contributed by atoms with Gasteiger partial charge in [-0.15, -0.1) is 0 Å². The van der Waals surface area contributed by atoms with E-state index in [2.05, 4.69) is 37.9 Å². The van der Waals surface area contributed by atoms with E-state index in [-0.39, 0.29) is 5.91 Å². The predicted molar refractivity (Wildman–Crippen MR) is 79.9 cm³/mol. The van der Waals surface area contributed by atoms with Gasteiger partial charge >= 0.3 is 0 Å². The highest BCUT2D eigenvalue weighted by Gasteiger charge is 2.37. The van der Waals surface area contributed by atoms with Crippen molar-refractivity contribution in [3.63, 3.8) is 0 Å². The number of likely N-dealkylation sites (tertiary alicyclic amines) is 1. The van der Waals surface area contributed by atoms with Crippen LogP contribution < -0.4 is 11.1 Å². The molecular weight excluding hydrogens is 238 g/mol. The van der Waals surface area contributed by atoms with Crippen LogP contribution in [0.15, 0.2) is 0 Å². The Morgan fingerprint density at radius 1 is 1.42 bits per heavy atom. The molecule has 0 bridgehead atoms. The number of primary amides is 1. The molecule has 3 atom stereocenters. The highest BCUT2D eigenvalue weighted by atomic mass is 16.1. The Morgan fingerprint density at radius 3 is 2.37 bits per heavy atom. The molecule has 1 rings (SSSR count). The van der Waals surface area contributed by atoms with E-state index in [0.717, 1.165) is 25.4 Å². The summed E-state index contributed by atoms with van der Waals surface area (Å²) in [6.07, 6.45) is 2.01. The summed E-state index contributed by atoms with van der Waals surface area (Å²) < 4.78 is 0. The number of amides is 1. The van der Waals surface area contributed by atoms with E-state index < -0.39 is 5.54 Å². The van der Waals surface area contributed by atoms with Crippen LogP contribution in [0.3, 0.4) is 0 Å². The number of likely N-dealkylation sites (N-methyl/N-ethyl adjacent to an activating group) is 1. The Balaban J connectivity index is 2.61. The average molecular weight is 269 g/mol. The molecule has 3 unspecified atom stereocenters. The summed E-state index contributed by atoms with van der Waals surface area (Å²) in [6, 6.07) is 0.372. The van der Waals surface area contributed by atoms with E-state index in [1.807, 2.05) is 6.92 Å². The minimum absolute atomic E-state index is 0.270. The van der Waals surface area contributed by atoms with Crippen molar-refractivity contribution in [2.24, 2.45) is 17.1 Å². The number of hydrogen-bond acceptors (Lipinski definition) is 3. The van der Waals surface area contributed by atoms with Crippen LogP contribution in [0.1, 0.15) is 47.5 Å². The summed E-state index contributed by atoms with van der Waals surface area (Å²) in [5.41, 5.74) is 5.26. The van der Waals surface area contributed by atoms with Crippen molar-refractivity contribution >= 4 is 5.91 Å². The molecule has 3 N–H and O–H groups in total. The molecule has 0 aromatic heterocycles. The summed E-state index contributed by atoms with van der Waals surface area (Å²) >= 11 is 0. The van der Waals surface area contributed by atoms with E-state index in [9.17, 15) is 4.79 Å². The van der Waals surface area contributed by atoms with E-state index >= 15 is 0 Å². The molecule has 19 heavy (non-hydrogen) atoms. The number of carbonyl (C=O) groups is 1. The van der Waals surface area contributed by atoms with Gasteiger partial charge in [-0.05, 0) is 51.6 Å². The molecule has 0 aromatic carbocycles. The molecule has 0 aliphatic carbocycles. The van der Waals surface area contributed by atoms with Gasteiger partial charge in [0.2, 0.25) is 5.91 Å². The second-order valence-electron chi connectivity index (χ2n) is 7.35. The van der Waals surface area contributed by atoms with Crippen molar-refractivity contribution in [2.75, 3.05) is 20.1 Å². The first-order valence-electron chi connectivity index (χ1n) is 7.33. The van der Waals surface area contributed by atoms with Crippen molar-refractivity contribution in [3.8, 4) is 0 Å². The maximum absolute atomic E-state index is 11.6. The van der Waals surface area contributed by atoms with Gasteiger partial charge in [-0.3, -0.25) is 4.79 Å². The normalized spacial score (nSPS) is 26.1. The van der Waals surface area contributed by atoms with Gasteiger partial charge < -0.3 is 16.0 Å². The molecule has 1 aliphatic heterocycles. The summed E-state index contributed by atoms with van der Waals surface area (Å²) in [5.74, 6) is 0.470. The van der Waals surface area contributed by atoms with Crippen molar-refractivity contribution < 1.29 is 4.79 Å². The van der Waals surface area contributed by atoms with E-state index in [4.69, 9.17) is 5.73 Å². The Bertz CT molecular complexity index is 324. The van der Waals surface area contributed by atoms with Gasteiger partial charge in [0.15, 0.2) is 0 Å². The Hall–Kier alpha value is -0.610. The summed E-state index contributed by atoms with van der Waals surface area (Å²) in [5, 5.41) is 3.07. The summed E-state index contributed by atoms with van der Waals surface area (Å²) in [6.45, 7) is 13.3. The predicted octanol–water partition coefficient (Wildman–Crippen LogP) is 1.60. The molecule has 1 aliphatic rings. The lowest BCUT2D eigenvalue weighted by Gasteiger charge is -2.34. The largest absolute Gasteiger partial charge is 0.368 e. The maximum atomic E-state index is 11.6. The highest BCUT2D eigenvalue weighted by molar-refractivity contribution is 5.84. The van der Waals surface area contributed by atoms with Crippen molar-refractivity contribution in [1.29, 1.82) is 0 Å². The van der Waals surface area contributed by atoms with Crippen LogP contribution in [0.25, 0.3) is 0 Å². The zero-order valence-electron chi connectivity index (χ0n) is 13.4. The minimum Gasteiger partial charge on any atom is -0.368 e. The Labute approximate surface area is 118 Å². The maximum Gasteiger partial charge on any atom is 0.237 e. The molecule has 0 saturated carbocycles. The first-order chi connectivity index (χ1) is 8.60. The quantitative estimate of drug-likeness (QED) is 0.797. The SMILES string of the molecule is CNC(C)(CC(C)N1CCC(C(C)(C)C)C1)C(N)=O. The van der Waals surface area contributed by atoms with Crippen molar-refractivity contribution in [1.82, 2.24) is 10.2 Å². The number of rotatable bonds is 5. The van der Waals surface area contributed by atoms with Gasteiger partial charge in [0.1, 0.15) is 0 Å². The topological polar surface area (TPSA) is 58.4 Å². The second-order valence-corrected chi connectivity index (χ2v) is 7.35. The zero-order valence-corrected chi connectivity index (χ0v) is 13.4. The number of hydrogen-bond donors (Lipinski definition) is 2. The summed E-state index contributed by atoms with van der Waals surface area (Å²) in [4.78, 5) is 14.1. The van der Waals surface area contributed by atoms with Gasteiger partial charge in [-0.1, -0.05) is 20.8 Å². The number of nitrogens with zero attached hydrogens (tertiary/aromatic N) is 1. The molecule has 1 saturated heterocycles. The van der Waals surface area contributed by atoms with Gasteiger partial charge in [0.25, 0.3) is 0 Å². The van der Waals surface area contributed by atoms with Crippen molar-refractivity contribution in [3.05, 3.63) is 0 Å². The molecular formula is C15H31N3O. The molecule has 1 amide bonds. The van der Waals surface area contributed by atoms with Gasteiger partial charge in [0, 0.05) is 12.6 Å². The number of nitrogens with two attached hydrogens (primary N) is 1. The third-order valence-electron chi connectivity index (χ3n) is 4.87. The van der Waals surface area contributed by atoms with Crippen LogP contribution in [0.5, 0.6) is 0 Å². The van der Waals surface area contributed by atoms with Crippen LogP contribution in [0.2, 0.25) is 0 Å². The number of carbonyl (C=O) groups excluding carboxylic acids is 1. The summed E-state index contributed by atoms with van der Waals surface area (Å²) in [7, 11) is 1.80. The lowest BCUT2D eigenvalue weighted by molar-refractivity contribution is -0.124. The number of nitrogens with one attached hydrogen (secondary N) is 1. The Kier molecular flexibility index (Phi) is 5.02. The first-order valence-corrected chi connectivity index (χ1v) is 7.33. The molecule has 112 valence electrons. The average Bonchev–Trinajstić information content (AvgIpc) is 2.77. The van der Waals surface area contributed by atoms with Crippen LogP contribution in [-0.2, 0) is 4.79 Å². The third-order valence-corrected chi connectivity index (χ3v) is 4.87. The van der Waals surface area contributed by atoms with Crippen LogP contribution in [-0.4, -0.2) is 42.5 Å². The standard InChI is InChI=1S/C15H31N3O/c1-11(9-15(5,17-6)13(16)19)18-8-7-12(10-18)14(2,3)4/h11-12,17H,7-10H2,1-6H3,(H2,16,19). The fraction of sp³-hybridized carbons (Fsp3) is 0.933. The smallest absolute Gasteiger partial charge is 0.237 e. The van der Waals surface area contributed by atoms with Crippen LogP contribution >= 0.6 is 0 Å². The van der Waals surface area contributed by atoms with Gasteiger partial charge in [-0.25, -0.2) is 0 Å². The monoisotopic (exact) mass is 269 g/mol.